The summed E-state index contributed by atoms with van der Waals surface area (Å²) in [6.45, 7) is 3.55. The number of ether oxygens (including phenoxy) is 1. The SMILES string of the molecule is Cc1ccc(OCC(C)C(N)=O)c(C=CC(=O)O)n1. The molecule has 1 rings (SSSR count). The molecule has 1 heterocycles. The molecule has 0 bridgehead atoms. The van der Waals surface area contributed by atoms with Crippen LogP contribution in [0.5, 0.6) is 5.75 Å². The summed E-state index contributed by atoms with van der Waals surface area (Å²) in [4.78, 5) is 25.6. The van der Waals surface area contributed by atoms with Gasteiger partial charge in [0.15, 0.2) is 0 Å². The zero-order valence-electron chi connectivity index (χ0n) is 10.8. The summed E-state index contributed by atoms with van der Waals surface area (Å²) in [5, 5.41) is 8.61. The Morgan fingerprint density at radius 1 is 1.53 bits per heavy atom. The minimum Gasteiger partial charge on any atom is -0.491 e. The number of aliphatic carboxylic acids is 1. The quantitative estimate of drug-likeness (QED) is 0.746. The lowest BCUT2D eigenvalue weighted by molar-refractivity contribution is -0.131. The van der Waals surface area contributed by atoms with Crippen molar-refractivity contribution in [2.75, 3.05) is 6.61 Å². The Bertz CT molecular complexity index is 511. The number of aryl methyl sites for hydroxylation is 1. The van der Waals surface area contributed by atoms with Crippen molar-refractivity contribution in [2.24, 2.45) is 11.7 Å². The first-order chi connectivity index (χ1) is 8.90. The van der Waals surface area contributed by atoms with Gasteiger partial charge in [0.1, 0.15) is 11.4 Å². The van der Waals surface area contributed by atoms with Crippen molar-refractivity contribution < 1.29 is 19.4 Å². The van der Waals surface area contributed by atoms with Gasteiger partial charge in [-0.05, 0) is 25.1 Å². The molecule has 0 aliphatic carbocycles. The molecular weight excluding hydrogens is 248 g/mol. The number of aromatic nitrogens is 1. The molecule has 1 unspecified atom stereocenters. The molecule has 0 saturated heterocycles. The Hall–Kier alpha value is -2.37. The largest absolute Gasteiger partial charge is 0.491 e. The van der Waals surface area contributed by atoms with Gasteiger partial charge in [0.05, 0.1) is 12.5 Å². The van der Waals surface area contributed by atoms with Gasteiger partial charge < -0.3 is 15.6 Å². The Morgan fingerprint density at radius 2 is 2.21 bits per heavy atom. The molecule has 1 aromatic heterocycles. The van der Waals surface area contributed by atoms with Gasteiger partial charge in [-0.1, -0.05) is 6.92 Å². The molecule has 0 saturated carbocycles. The molecule has 1 amide bonds. The van der Waals surface area contributed by atoms with Gasteiger partial charge in [0.2, 0.25) is 5.91 Å². The van der Waals surface area contributed by atoms with Gasteiger partial charge in [-0.3, -0.25) is 4.79 Å². The topological polar surface area (TPSA) is 103 Å². The Morgan fingerprint density at radius 3 is 2.79 bits per heavy atom. The molecule has 0 aliphatic rings. The smallest absolute Gasteiger partial charge is 0.328 e. The van der Waals surface area contributed by atoms with Crippen molar-refractivity contribution in [2.45, 2.75) is 13.8 Å². The summed E-state index contributed by atoms with van der Waals surface area (Å²) in [6.07, 6.45) is 2.33. The highest BCUT2D eigenvalue weighted by Crippen LogP contribution is 2.19. The van der Waals surface area contributed by atoms with E-state index in [9.17, 15) is 9.59 Å². The molecular formula is C13H16N2O4. The number of hydrogen-bond donors (Lipinski definition) is 2. The predicted octanol–water partition coefficient (Wildman–Crippen LogP) is 0.988. The Labute approximate surface area is 110 Å². The fourth-order valence-corrected chi connectivity index (χ4v) is 1.25. The lowest BCUT2D eigenvalue weighted by Gasteiger charge is -2.12. The van der Waals surface area contributed by atoms with Gasteiger partial charge in [0, 0.05) is 11.8 Å². The molecule has 1 aromatic rings. The number of pyridine rings is 1. The van der Waals surface area contributed by atoms with Crippen LogP contribution in [0, 0.1) is 12.8 Å². The molecule has 19 heavy (non-hydrogen) atoms. The first kappa shape index (κ1) is 14.7. The first-order valence-corrected chi connectivity index (χ1v) is 5.71. The van der Waals surface area contributed by atoms with Crippen LogP contribution in [0.1, 0.15) is 18.3 Å². The molecule has 3 N–H and O–H groups in total. The van der Waals surface area contributed by atoms with Crippen LogP contribution in [0.2, 0.25) is 0 Å². The van der Waals surface area contributed by atoms with Crippen LogP contribution < -0.4 is 10.5 Å². The highest BCUT2D eigenvalue weighted by Gasteiger charge is 2.11. The van der Waals surface area contributed by atoms with Gasteiger partial charge in [-0.15, -0.1) is 0 Å². The number of primary amides is 1. The highest BCUT2D eigenvalue weighted by molar-refractivity contribution is 5.85. The van der Waals surface area contributed by atoms with Crippen LogP contribution in [-0.4, -0.2) is 28.6 Å². The number of carboxylic acid groups (broad SMARTS) is 1. The zero-order chi connectivity index (χ0) is 14.4. The summed E-state index contributed by atoms with van der Waals surface area (Å²) >= 11 is 0. The molecule has 0 aromatic carbocycles. The number of carboxylic acids is 1. The minimum atomic E-state index is -1.07. The van der Waals surface area contributed by atoms with E-state index in [1.165, 1.54) is 6.08 Å². The summed E-state index contributed by atoms with van der Waals surface area (Å²) in [7, 11) is 0. The van der Waals surface area contributed by atoms with Gasteiger partial charge >= 0.3 is 5.97 Å². The van der Waals surface area contributed by atoms with E-state index < -0.39 is 17.8 Å². The second kappa shape index (κ2) is 6.53. The maximum atomic E-state index is 10.9. The lowest BCUT2D eigenvalue weighted by atomic mass is 10.2. The van der Waals surface area contributed by atoms with Crippen LogP contribution in [-0.2, 0) is 9.59 Å². The van der Waals surface area contributed by atoms with Crippen molar-refractivity contribution in [3.8, 4) is 5.75 Å². The molecule has 6 nitrogen and oxygen atoms in total. The summed E-state index contributed by atoms with van der Waals surface area (Å²) in [5.74, 6) is -1.55. The van der Waals surface area contributed by atoms with Crippen molar-refractivity contribution in [3.63, 3.8) is 0 Å². The van der Waals surface area contributed by atoms with Crippen LogP contribution in [0.4, 0.5) is 0 Å². The number of hydrogen-bond acceptors (Lipinski definition) is 4. The highest BCUT2D eigenvalue weighted by atomic mass is 16.5. The summed E-state index contributed by atoms with van der Waals surface area (Å²) in [6, 6.07) is 3.42. The number of rotatable bonds is 6. The van der Waals surface area contributed by atoms with Crippen molar-refractivity contribution in [1.82, 2.24) is 4.98 Å². The normalized spacial score (nSPS) is 12.3. The molecule has 0 fully saturated rings. The van der Waals surface area contributed by atoms with E-state index in [4.69, 9.17) is 15.6 Å². The molecule has 1 atom stereocenters. The second-order valence-corrected chi connectivity index (χ2v) is 4.12. The van der Waals surface area contributed by atoms with E-state index in [1.807, 2.05) is 0 Å². The third-order valence-electron chi connectivity index (χ3n) is 2.38. The Kier molecular flexibility index (Phi) is 5.05. The average molecular weight is 264 g/mol. The first-order valence-electron chi connectivity index (χ1n) is 5.71. The van der Waals surface area contributed by atoms with E-state index in [2.05, 4.69) is 4.98 Å². The summed E-state index contributed by atoms with van der Waals surface area (Å²) in [5.41, 5.74) is 6.27. The Balaban J connectivity index is 2.87. The molecule has 102 valence electrons. The van der Waals surface area contributed by atoms with Gasteiger partial charge in [0.25, 0.3) is 0 Å². The van der Waals surface area contributed by atoms with Crippen LogP contribution in [0.3, 0.4) is 0 Å². The lowest BCUT2D eigenvalue weighted by Crippen LogP contribution is -2.26. The third kappa shape index (κ3) is 4.79. The van der Waals surface area contributed by atoms with E-state index in [-0.39, 0.29) is 6.61 Å². The van der Waals surface area contributed by atoms with Gasteiger partial charge in [-0.2, -0.15) is 0 Å². The fourth-order valence-electron chi connectivity index (χ4n) is 1.25. The third-order valence-corrected chi connectivity index (χ3v) is 2.38. The number of carbonyl (C=O) groups is 2. The fraction of sp³-hybridized carbons (Fsp3) is 0.308. The average Bonchev–Trinajstić information content (AvgIpc) is 2.34. The van der Waals surface area contributed by atoms with Crippen LogP contribution >= 0.6 is 0 Å². The van der Waals surface area contributed by atoms with Crippen LogP contribution in [0.15, 0.2) is 18.2 Å². The minimum absolute atomic E-state index is 0.119. The molecule has 0 aliphatic heterocycles. The van der Waals surface area contributed by atoms with E-state index in [1.54, 1.807) is 26.0 Å². The maximum absolute atomic E-state index is 10.9. The van der Waals surface area contributed by atoms with E-state index in [0.717, 1.165) is 11.8 Å². The molecule has 6 heteroatoms. The van der Waals surface area contributed by atoms with Crippen LogP contribution in [0.25, 0.3) is 6.08 Å². The number of nitrogens with zero attached hydrogens (tertiary/aromatic N) is 1. The molecule has 0 spiro atoms. The zero-order valence-corrected chi connectivity index (χ0v) is 10.8. The number of nitrogens with two attached hydrogens (primary N) is 1. The maximum Gasteiger partial charge on any atom is 0.328 e. The van der Waals surface area contributed by atoms with Crippen molar-refractivity contribution in [3.05, 3.63) is 29.6 Å². The summed E-state index contributed by atoms with van der Waals surface area (Å²) < 4.78 is 5.44. The van der Waals surface area contributed by atoms with Gasteiger partial charge in [-0.25, -0.2) is 9.78 Å². The van der Waals surface area contributed by atoms with Crippen molar-refractivity contribution in [1.29, 1.82) is 0 Å². The predicted molar refractivity (Wildman–Crippen MR) is 69.5 cm³/mol. The van der Waals surface area contributed by atoms with Crippen molar-refractivity contribution >= 4 is 18.0 Å². The second-order valence-electron chi connectivity index (χ2n) is 4.12. The van der Waals surface area contributed by atoms with E-state index >= 15 is 0 Å². The molecule has 0 radical (unpaired) electrons. The monoisotopic (exact) mass is 264 g/mol. The number of carbonyl (C=O) groups excluding carboxylic acids is 1. The standard InChI is InChI=1S/C13H16N2O4/c1-8(13(14)18)7-19-11-5-3-9(2)15-10(11)4-6-12(16)17/h3-6,8H,7H2,1-2H3,(H2,14,18)(H,16,17). The number of amides is 1. The van der Waals surface area contributed by atoms with E-state index in [0.29, 0.717) is 11.4 Å².